The summed E-state index contributed by atoms with van der Waals surface area (Å²) in [5, 5.41) is 0. The highest BCUT2D eigenvalue weighted by atomic mass is 16.5. The Morgan fingerprint density at radius 1 is 1.10 bits per heavy atom. The molecule has 0 aromatic rings. The Morgan fingerprint density at radius 3 is 2.62 bits per heavy atom. The molecule has 0 aromatic heterocycles. The minimum Gasteiger partial charge on any atom is -0.378 e. The third-order valence-corrected chi connectivity index (χ3v) is 4.32. The maximum Gasteiger partial charge on any atom is 0.191 e. The van der Waals surface area contributed by atoms with Gasteiger partial charge in [0.15, 0.2) is 5.96 Å². The first-order valence-electron chi connectivity index (χ1n) is 8.60. The Kier molecular flexibility index (Phi) is 7.89. The molecule has 5 heteroatoms. The molecule has 2 fully saturated rings. The molecule has 0 amide bonds. The van der Waals surface area contributed by atoms with Crippen LogP contribution in [-0.2, 0) is 9.47 Å². The Morgan fingerprint density at radius 2 is 1.86 bits per heavy atom. The molecule has 122 valence electrons. The van der Waals surface area contributed by atoms with Crippen LogP contribution in [-0.4, -0.2) is 56.4 Å². The molecule has 0 aromatic carbocycles. The summed E-state index contributed by atoms with van der Waals surface area (Å²) in [6.45, 7) is 4.98. The summed E-state index contributed by atoms with van der Waals surface area (Å²) in [5.74, 6) is 0.678. The van der Waals surface area contributed by atoms with E-state index in [1.807, 2.05) is 0 Å². The SMILES string of the molecule is NC(=NCCCCCOC1CCCCC1)N1CCOCC1. The lowest BCUT2D eigenvalue weighted by Crippen LogP contribution is -2.44. The molecule has 1 saturated heterocycles. The Labute approximate surface area is 128 Å². The van der Waals surface area contributed by atoms with Gasteiger partial charge in [0.05, 0.1) is 19.3 Å². The summed E-state index contributed by atoms with van der Waals surface area (Å²) in [5.41, 5.74) is 5.98. The summed E-state index contributed by atoms with van der Waals surface area (Å²) >= 11 is 0. The molecule has 2 aliphatic rings. The predicted octanol–water partition coefficient (Wildman–Crippen LogP) is 2.15. The van der Waals surface area contributed by atoms with E-state index in [1.165, 1.54) is 38.5 Å². The zero-order valence-electron chi connectivity index (χ0n) is 13.3. The number of guanidine groups is 1. The van der Waals surface area contributed by atoms with Crippen LogP contribution in [0.5, 0.6) is 0 Å². The van der Waals surface area contributed by atoms with Crippen molar-refractivity contribution in [2.75, 3.05) is 39.5 Å². The first-order valence-corrected chi connectivity index (χ1v) is 8.60. The Balaban J connectivity index is 1.45. The minimum atomic E-state index is 0.536. The van der Waals surface area contributed by atoms with Gasteiger partial charge in [-0.2, -0.15) is 0 Å². The van der Waals surface area contributed by atoms with Crippen molar-refractivity contribution in [2.24, 2.45) is 10.7 Å². The van der Waals surface area contributed by atoms with E-state index in [4.69, 9.17) is 15.2 Å². The van der Waals surface area contributed by atoms with Gasteiger partial charge in [-0.05, 0) is 32.1 Å². The Bertz CT molecular complexity index is 298. The fourth-order valence-electron chi connectivity index (χ4n) is 2.96. The monoisotopic (exact) mass is 297 g/mol. The topological polar surface area (TPSA) is 60.1 Å². The van der Waals surface area contributed by atoms with Crippen LogP contribution in [0.15, 0.2) is 4.99 Å². The molecule has 1 aliphatic heterocycles. The summed E-state index contributed by atoms with van der Waals surface area (Å²) in [4.78, 5) is 6.57. The van der Waals surface area contributed by atoms with Crippen molar-refractivity contribution in [1.82, 2.24) is 4.90 Å². The second-order valence-corrected chi connectivity index (χ2v) is 6.03. The lowest BCUT2D eigenvalue weighted by atomic mass is 9.98. The third kappa shape index (κ3) is 6.66. The number of ether oxygens (including phenoxy) is 2. The highest BCUT2D eigenvalue weighted by Crippen LogP contribution is 2.20. The number of nitrogens with two attached hydrogens (primary N) is 1. The molecule has 21 heavy (non-hydrogen) atoms. The number of hydrogen-bond acceptors (Lipinski definition) is 3. The Hall–Kier alpha value is -0.810. The number of unbranched alkanes of at least 4 members (excludes halogenated alkanes) is 2. The van der Waals surface area contributed by atoms with Crippen molar-refractivity contribution < 1.29 is 9.47 Å². The summed E-state index contributed by atoms with van der Waals surface area (Å²) in [6, 6.07) is 0. The van der Waals surface area contributed by atoms with E-state index in [0.29, 0.717) is 12.1 Å². The van der Waals surface area contributed by atoms with Gasteiger partial charge >= 0.3 is 0 Å². The van der Waals surface area contributed by atoms with E-state index >= 15 is 0 Å². The minimum absolute atomic E-state index is 0.536. The van der Waals surface area contributed by atoms with Gasteiger partial charge in [0, 0.05) is 26.2 Å². The molecule has 2 rings (SSSR count). The highest BCUT2D eigenvalue weighted by molar-refractivity contribution is 5.78. The van der Waals surface area contributed by atoms with Crippen molar-refractivity contribution in [2.45, 2.75) is 57.5 Å². The van der Waals surface area contributed by atoms with E-state index < -0.39 is 0 Å². The smallest absolute Gasteiger partial charge is 0.191 e. The van der Waals surface area contributed by atoms with Crippen LogP contribution in [0, 0.1) is 0 Å². The number of nitrogens with zero attached hydrogens (tertiary/aromatic N) is 2. The second kappa shape index (κ2) is 10.0. The van der Waals surface area contributed by atoms with E-state index in [9.17, 15) is 0 Å². The lowest BCUT2D eigenvalue weighted by molar-refractivity contribution is 0.0264. The average Bonchev–Trinajstić information content (AvgIpc) is 2.55. The molecule has 1 aliphatic carbocycles. The van der Waals surface area contributed by atoms with Gasteiger partial charge in [-0.15, -0.1) is 0 Å². The molecule has 2 N–H and O–H groups in total. The van der Waals surface area contributed by atoms with Crippen molar-refractivity contribution in [1.29, 1.82) is 0 Å². The van der Waals surface area contributed by atoms with Crippen molar-refractivity contribution in [3.63, 3.8) is 0 Å². The zero-order valence-corrected chi connectivity index (χ0v) is 13.3. The number of hydrogen-bond donors (Lipinski definition) is 1. The maximum atomic E-state index is 5.98. The van der Waals surface area contributed by atoms with Crippen LogP contribution in [0.1, 0.15) is 51.4 Å². The molecule has 1 saturated carbocycles. The van der Waals surface area contributed by atoms with E-state index in [-0.39, 0.29) is 0 Å². The fraction of sp³-hybridized carbons (Fsp3) is 0.938. The molecule has 5 nitrogen and oxygen atoms in total. The molecular weight excluding hydrogens is 266 g/mol. The molecule has 0 bridgehead atoms. The summed E-state index contributed by atoms with van der Waals surface area (Å²) in [6.07, 6.45) is 10.6. The summed E-state index contributed by atoms with van der Waals surface area (Å²) < 4.78 is 11.2. The van der Waals surface area contributed by atoms with Gasteiger partial charge in [-0.1, -0.05) is 19.3 Å². The van der Waals surface area contributed by atoms with Gasteiger partial charge in [0.2, 0.25) is 0 Å². The van der Waals surface area contributed by atoms with Crippen LogP contribution >= 0.6 is 0 Å². The van der Waals surface area contributed by atoms with Crippen LogP contribution < -0.4 is 5.73 Å². The molecular formula is C16H31N3O2. The normalized spacial score (nSPS) is 21.7. The van der Waals surface area contributed by atoms with Gasteiger partial charge in [0.25, 0.3) is 0 Å². The standard InChI is InChI=1S/C16H31N3O2/c17-16(19-10-13-20-14-11-19)18-9-5-2-6-12-21-15-7-3-1-4-8-15/h15H,1-14H2,(H2,17,18). The van der Waals surface area contributed by atoms with Crippen molar-refractivity contribution >= 4 is 5.96 Å². The van der Waals surface area contributed by atoms with Gasteiger partial charge < -0.3 is 20.1 Å². The zero-order chi connectivity index (χ0) is 14.8. The predicted molar refractivity (Wildman–Crippen MR) is 85.6 cm³/mol. The second-order valence-electron chi connectivity index (χ2n) is 6.03. The lowest BCUT2D eigenvalue weighted by Gasteiger charge is -2.27. The molecule has 0 atom stereocenters. The summed E-state index contributed by atoms with van der Waals surface area (Å²) in [7, 11) is 0. The first kappa shape index (κ1) is 16.6. The van der Waals surface area contributed by atoms with Gasteiger partial charge in [0.1, 0.15) is 0 Å². The van der Waals surface area contributed by atoms with Crippen LogP contribution in [0.25, 0.3) is 0 Å². The third-order valence-electron chi connectivity index (χ3n) is 4.32. The van der Waals surface area contributed by atoms with E-state index in [1.54, 1.807) is 0 Å². The quantitative estimate of drug-likeness (QED) is 0.444. The average molecular weight is 297 g/mol. The van der Waals surface area contributed by atoms with Gasteiger partial charge in [-0.25, -0.2) is 0 Å². The number of morpholine rings is 1. The molecule has 1 heterocycles. The fourth-order valence-corrected chi connectivity index (χ4v) is 2.96. The van der Waals surface area contributed by atoms with Crippen molar-refractivity contribution in [3.05, 3.63) is 0 Å². The first-order chi connectivity index (χ1) is 10.4. The number of aliphatic imine (C=N–C) groups is 1. The highest BCUT2D eigenvalue weighted by Gasteiger charge is 2.13. The van der Waals surface area contributed by atoms with Gasteiger partial charge in [-0.3, -0.25) is 4.99 Å². The molecule has 0 unspecified atom stereocenters. The molecule has 0 radical (unpaired) electrons. The largest absolute Gasteiger partial charge is 0.378 e. The van der Waals surface area contributed by atoms with E-state index in [0.717, 1.165) is 52.3 Å². The van der Waals surface area contributed by atoms with E-state index in [2.05, 4.69) is 9.89 Å². The van der Waals surface area contributed by atoms with Crippen molar-refractivity contribution in [3.8, 4) is 0 Å². The molecule has 0 spiro atoms. The van der Waals surface area contributed by atoms with Crippen LogP contribution in [0.2, 0.25) is 0 Å². The van der Waals surface area contributed by atoms with Crippen LogP contribution in [0.3, 0.4) is 0 Å². The van der Waals surface area contributed by atoms with Crippen LogP contribution in [0.4, 0.5) is 0 Å². The number of rotatable bonds is 7. The maximum absolute atomic E-state index is 5.98.